The average molecular weight is 465 g/mol. The smallest absolute Gasteiger partial charge is 0.408 e. The van der Waals surface area contributed by atoms with Gasteiger partial charge in [0.05, 0.1) is 12.9 Å². The fourth-order valence-corrected chi connectivity index (χ4v) is 3.39. The van der Waals surface area contributed by atoms with Crippen LogP contribution in [0.1, 0.15) is 42.7 Å². The van der Waals surface area contributed by atoms with Crippen LogP contribution >= 0.6 is 0 Å². The van der Waals surface area contributed by atoms with Crippen molar-refractivity contribution in [3.05, 3.63) is 95.4 Å². The first-order valence-corrected chi connectivity index (χ1v) is 11.5. The Kier molecular flexibility index (Phi) is 9.73. The van der Waals surface area contributed by atoms with Crippen molar-refractivity contribution in [3.8, 4) is 0 Å². The molecule has 7 nitrogen and oxygen atoms in total. The van der Waals surface area contributed by atoms with Crippen LogP contribution < -0.4 is 10.6 Å². The van der Waals surface area contributed by atoms with Gasteiger partial charge in [-0.05, 0) is 34.7 Å². The van der Waals surface area contributed by atoms with Crippen LogP contribution in [0.3, 0.4) is 0 Å². The first kappa shape index (κ1) is 25.1. The summed E-state index contributed by atoms with van der Waals surface area (Å²) in [6.07, 6.45) is 1.74. The van der Waals surface area contributed by atoms with E-state index in [9.17, 15) is 9.59 Å². The number of ether oxygens (including phenoxy) is 2. The molecule has 3 rings (SSSR count). The third kappa shape index (κ3) is 8.08. The Morgan fingerprint density at radius 2 is 1.68 bits per heavy atom. The molecule has 0 radical (unpaired) electrons. The number of benzene rings is 2. The maximum atomic E-state index is 12.9. The molecule has 1 aromatic heterocycles. The second-order valence-electron chi connectivity index (χ2n) is 8.18. The van der Waals surface area contributed by atoms with Gasteiger partial charge in [-0.25, -0.2) is 4.79 Å². The van der Waals surface area contributed by atoms with Crippen molar-refractivity contribution in [1.82, 2.24) is 10.6 Å². The predicted octanol–water partition coefficient (Wildman–Crippen LogP) is 4.95. The summed E-state index contributed by atoms with van der Waals surface area (Å²) < 4.78 is 16.2. The summed E-state index contributed by atoms with van der Waals surface area (Å²) in [5.41, 5.74) is 2.83. The number of carbonyl (C=O) groups excluding carboxylic acids is 2. The van der Waals surface area contributed by atoms with Crippen molar-refractivity contribution < 1.29 is 23.5 Å². The Hall–Kier alpha value is -3.58. The summed E-state index contributed by atoms with van der Waals surface area (Å²) in [4.78, 5) is 25.2. The molecule has 0 fully saturated rings. The summed E-state index contributed by atoms with van der Waals surface area (Å²) >= 11 is 0. The Morgan fingerprint density at radius 3 is 2.41 bits per heavy atom. The molecule has 180 valence electrons. The quantitative estimate of drug-likeness (QED) is 0.396. The van der Waals surface area contributed by atoms with Gasteiger partial charge in [-0.1, -0.05) is 74.9 Å². The molecule has 2 N–H and O–H groups in total. The number of alkyl carbamates (subject to hydrolysis) is 1. The fraction of sp³-hybridized carbons (Fsp3) is 0.333. The molecule has 7 heteroatoms. The van der Waals surface area contributed by atoms with Gasteiger partial charge in [0, 0.05) is 6.54 Å². The molecule has 0 aliphatic heterocycles. The number of carbonyl (C=O) groups is 2. The third-order valence-corrected chi connectivity index (χ3v) is 5.53. The lowest BCUT2D eigenvalue weighted by molar-refractivity contribution is -0.124. The molecule has 0 spiro atoms. The number of hydrogen-bond donors (Lipinski definition) is 2. The van der Waals surface area contributed by atoms with Crippen molar-refractivity contribution in [3.63, 3.8) is 0 Å². The van der Waals surface area contributed by atoms with Crippen molar-refractivity contribution in [2.24, 2.45) is 5.92 Å². The number of nitrogens with one attached hydrogen (secondary N) is 2. The highest BCUT2D eigenvalue weighted by Gasteiger charge is 2.26. The highest BCUT2D eigenvalue weighted by atomic mass is 16.5. The molecule has 2 aromatic carbocycles. The minimum atomic E-state index is -0.687. The van der Waals surface area contributed by atoms with Crippen LogP contribution in [0.4, 0.5) is 4.79 Å². The molecular weight excluding hydrogens is 432 g/mol. The lowest BCUT2D eigenvalue weighted by Gasteiger charge is -2.23. The van der Waals surface area contributed by atoms with Crippen LogP contribution in [0.2, 0.25) is 0 Å². The predicted molar refractivity (Wildman–Crippen MR) is 128 cm³/mol. The van der Waals surface area contributed by atoms with E-state index in [0.717, 1.165) is 28.9 Å². The van der Waals surface area contributed by atoms with Crippen molar-refractivity contribution >= 4 is 12.0 Å². The first-order valence-electron chi connectivity index (χ1n) is 11.5. The second kappa shape index (κ2) is 13.2. The van der Waals surface area contributed by atoms with Gasteiger partial charge in [-0.15, -0.1) is 0 Å². The molecule has 0 bridgehead atoms. The lowest BCUT2D eigenvalue weighted by Crippen LogP contribution is -2.50. The van der Waals surface area contributed by atoms with Gasteiger partial charge in [0.1, 0.15) is 25.0 Å². The van der Waals surface area contributed by atoms with E-state index in [1.54, 1.807) is 6.26 Å². The van der Waals surface area contributed by atoms with E-state index in [0.29, 0.717) is 19.8 Å². The molecule has 1 heterocycles. The molecule has 0 saturated heterocycles. The van der Waals surface area contributed by atoms with E-state index in [-0.39, 0.29) is 18.4 Å². The summed E-state index contributed by atoms with van der Waals surface area (Å²) in [7, 11) is 0. The number of rotatable bonds is 12. The zero-order chi connectivity index (χ0) is 24.2. The zero-order valence-electron chi connectivity index (χ0n) is 19.7. The monoisotopic (exact) mass is 464 g/mol. The number of furan rings is 1. The lowest BCUT2D eigenvalue weighted by atomic mass is 9.98. The van der Waals surface area contributed by atoms with Crippen molar-refractivity contribution in [1.29, 1.82) is 0 Å². The van der Waals surface area contributed by atoms with Crippen molar-refractivity contribution in [2.75, 3.05) is 0 Å². The van der Waals surface area contributed by atoms with E-state index < -0.39 is 12.1 Å². The van der Waals surface area contributed by atoms with Gasteiger partial charge < -0.3 is 24.5 Å². The molecule has 0 saturated carbocycles. The van der Waals surface area contributed by atoms with Crippen LogP contribution in [0.5, 0.6) is 0 Å². The van der Waals surface area contributed by atoms with E-state index >= 15 is 0 Å². The molecular formula is C27H32N2O5. The van der Waals surface area contributed by atoms with Crippen LogP contribution in [0, 0.1) is 5.92 Å². The largest absolute Gasteiger partial charge is 0.467 e. The second-order valence-corrected chi connectivity index (χ2v) is 8.18. The van der Waals surface area contributed by atoms with Gasteiger partial charge in [0.2, 0.25) is 5.91 Å². The van der Waals surface area contributed by atoms with E-state index in [1.165, 1.54) is 0 Å². The van der Waals surface area contributed by atoms with Gasteiger partial charge in [-0.2, -0.15) is 0 Å². The minimum Gasteiger partial charge on any atom is -0.467 e. The molecule has 2 atom stereocenters. The molecule has 34 heavy (non-hydrogen) atoms. The maximum absolute atomic E-state index is 12.9. The van der Waals surface area contributed by atoms with E-state index in [2.05, 4.69) is 10.6 Å². The summed E-state index contributed by atoms with van der Waals surface area (Å²) in [6, 6.07) is 20.3. The Balaban J connectivity index is 1.49. The zero-order valence-corrected chi connectivity index (χ0v) is 19.7. The molecule has 0 unspecified atom stereocenters. The van der Waals surface area contributed by atoms with Crippen LogP contribution in [-0.2, 0) is 40.6 Å². The van der Waals surface area contributed by atoms with E-state index in [4.69, 9.17) is 13.9 Å². The Morgan fingerprint density at radius 1 is 0.912 bits per heavy atom. The summed E-state index contributed by atoms with van der Waals surface area (Å²) in [5, 5.41) is 5.66. The Bertz CT molecular complexity index is 1020. The molecule has 3 aromatic rings. The van der Waals surface area contributed by atoms with Gasteiger partial charge in [0.15, 0.2) is 0 Å². The third-order valence-electron chi connectivity index (χ3n) is 5.53. The van der Waals surface area contributed by atoms with Gasteiger partial charge in [-0.3, -0.25) is 4.79 Å². The van der Waals surface area contributed by atoms with Gasteiger partial charge >= 0.3 is 6.09 Å². The topological polar surface area (TPSA) is 89.8 Å². The van der Waals surface area contributed by atoms with Crippen LogP contribution in [-0.4, -0.2) is 18.0 Å². The van der Waals surface area contributed by atoms with Crippen molar-refractivity contribution in [2.45, 2.75) is 52.7 Å². The highest BCUT2D eigenvalue weighted by Crippen LogP contribution is 2.12. The number of hydrogen-bond acceptors (Lipinski definition) is 5. The summed E-state index contributed by atoms with van der Waals surface area (Å²) in [6.45, 7) is 5.24. The number of amides is 2. The molecule has 0 aliphatic rings. The standard InChI is InChI=1S/C27H32N2O5/c1-3-20(2)25(29-27(31)34-18-21-9-5-4-6-10-21)26(30)28-16-22-11-7-12-23(15-22)17-32-19-24-13-8-14-33-24/h4-15,20,25H,3,16-19H2,1-2H3,(H,28,30)(H,29,31)/t20-,25-/m0/s1. The fourth-order valence-electron chi connectivity index (χ4n) is 3.39. The van der Waals surface area contributed by atoms with Crippen LogP contribution in [0.25, 0.3) is 0 Å². The maximum Gasteiger partial charge on any atom is 0.408 e. The van der Waals surface area contributed by atoms with Gasteiger partial charge in [0.25, 0.3) is 0 Å². The summed E-state index contributed by atoms with van der Waals surface area (Å²) in [5.74, 6) is 0.477. The Labute approximate surface area is 200 Å². The molecule has 0 aliphatic carbocycles. The minimum absolute atomic E-state index is 0.0504. The first-order chi connectivity index (χ1) is 16.5. The molecule has 2 amide bonds. The highest BCUT2D eigenvalue weighted by molar-refractivity contribution is 5.85. The van der Waals surface area contributed by atoms with E-state index in [1.807, 2.05) is 80.6 Å². The SMILES string of the molecule is CC[C@H](C)[C@H](NC(=O)OCc1ccccc1)C(=O)NCc1cccc(COCc2ccco2)c1. The normalized spacial score (nSPS) is 12.5. The average Bonchev–Trinajstić information content (AvgIpc) is 3.38. The van der Waals surface area contributed by atoms with Crippen LogP contribution in [0.15, 0.2) is 77.4 Å².